The van der Waals surface area contributed by atoms with Gasteiger partial charge in [0.25, 0.3) is 12.1 Å². The highest BCUT2D eigenvalue weighted by Gasteiger charge is 2.19. The Kier molecular flexibility index (Phi) is 6.24. The van der Waals surface area contributed by atoms with Gasteiger partial charge < -0.3 is 10.1 Å². The minimum Gasteiger partial charge on any atom is -0.487 e. The zero-order valence-corrected chi connectivity index (χ0v) is 15.4. The summed E-state index contributed by atoms with van der Waals surface area (Å²) in [4.78, 5) is 22.7. The zero-order valence-electron chi connectivity index (χ0n) is 13.8. The Hall–Kier alpha value is -2.56. The van der Waals surface area contributed by atoms with Gasteiger partial charge in [-0.05, 0) is 29.8 Å². The molecular weight excluding hydrogens is 418 g/mol. The maximum absolute atomic E-state index is 12.4. The van der Waals surface area contributed by atoms with Crippen molar-refractivity contribution in [2.45, 2.75) is 26.3 Å². The summed E-state index contributed by atoms with van der Waals surface area (Å²) >= 11 is 3.30. The number of nitro groups is 1. The van der Waals surface area contributed by atoms with Gasteiger partial charge in [-0.3, -0.25) is 19.6 Å². The van der Waals surface area contributed by atoms with Crippen LogP contribution in [0.3, 0.4) is 0 Å². The molecule has 26 heavy (non-hydrogen) atoms. The molecule has 0 spiro atoms. The van der Waals surface area contributed by atoms with Crippen molar-refractivity contribution in [2.24, 2.45) is 0 Å². The predicted octanol–water partition coefficient (Wildman–Crippen LogP) is 3.71. The topological polar surface area (TPSA) is 99.3 Å². The van der Waals surface area contributed by atoms with Crippen LogP contribution in [0.25, 0.3) is 0 Å². The summed E-state index contributed by atoms with van der Waals surface area (Å²) in [6.45, 7) is 2.45. The number of alkyl halides is 2. The number of ether oxygens (including phenoxy) is 1. The number of halogens is 3. The molecule has 1 aromatic heterocycles. The Balaban J connectivity index is 2.20. The highest BCUT2D eigenvalue weighted by molar-refractivity contribution is 9.10. The Morgan fingerprint density at radius 2 is 2.15 bits per heavy atom. The zero-order chi connectivity index (χ0) is 19.4. The van der Waals surface area contributed by atoms with Crippen molar-refractivity contribution in [3.05, 3.63) is 44.7 Å². The van der Waals surface area contributed by atoms with Crippen LogP contribution in [0.2, 0.25) is 0 Å². The number of nitrogens with one attached hydrogen (secondary N) is 1. The van der Waals surface area contributed by atoms with E-state index in [2.05, 4.69) is 26.3 Å². The lowest BCUT2D eigenvalue weighted by Gasteiger charge is -2.14. The second-order valence-electron chi connectivity index (χ2n) is 5.38. The predicted molar refractivity (Wildman–Crippen MR) is 92.6 cm³/mol. The SMILES string of the molecule is Cc1nn(C(C)C(=O)Nc2cc(OCC(F)F)cc([N+](=O)[O-])c2)cc1Br. The largest absolute Gasteiger partial charge is 0.487 e. The summed E-state index contributed by atoms with van der Waals surface area (Å²) in [7, 11) is 0. The van der Waals surface area contributed by atoms with Crippen molar-refractivity contribution in [1.82, 2.24) is 9.78 Å². The van der Waals surface area contributed by atoms with E-state index in [1.165, 1.54) is 10.7 Å². The molecule has 0 aliphatic heterocycles. The molecule has 0 aliphatic rings. The van der Waals surface area contributed by atoms with Gasteiger partial charge in [0.2, 0.25) is 5.91 Å². The molecule has 1 amide bonds. The Labute approximate surface area is 155 Å². The molecule has 1 N–H and O–H groups in total. The van der Waals surface area contributed by atoms with Crippen LogP contribution in [0.1, 0.15) is 18.7 Å². The van der Waals surface area contributed by atoms with Crippen molar-refractivity contribution >= 4 is 33.2 Å². The van der Waals surface area contributed by atoms with Crippen LogP contribution >= 0.6 is 15.9 Å². The van der Waals surface area contributed by atoms with Crippen LogP contribution in [0.4, 0.5) is 20.2 Å². The van der Waals surface area contributed by atoms with E-state index in [4.69, 9.17) is 4.74 Å². The number of aryl methyl sites for hydroxylation is 1. The Morgan fingerprint density at radius 1 is 1.46 bits per heavy atom. The number of carbonyl (C=O) groups excluding carboxylic acids is 1. The molecule has 0 aliphatic carbocycles. The number of benzene rings is 1. The van der Waals surface area contributed by atoms with E-state index < -0.39 is 35.6 Å². The molecule has 0 saturated heterocycles. The van der Waals surface area contributed by atoms with E-state index in [1.54, 1.807) is 20.0 Å². The minimum atomic E-state index is -2.73. The van der Waals surface area contributed by atoms with Gasteiger partial charge in [-0.2, -0.15) is 5.10 Å². The van der Waals surface area contributed by atoms with Gasteiger partial charge in [0.1, 0.15) is 18.4 Å². The van der Waals surface area contributed by atoms with Gasteiger partial charge in [-0.15, -0.1) is 0 Å². The molecule has 2 rings (SSSR count). The number of aromatic nitrogens is 2. The first-order chi connectivity index (χ1) is 12.2. The average Bonchev–Trinajstić information content (AvgIpc) is 2.91. The molecular formula is C15H15BrF2N4O4. The summed E-state index contributed by atoms with van der Waals surface area (Å²) in [6, 6.07) is 2.66. The van der Waals surface area contributed by atoms with Crippen molar-refractivity contribution in [3.8, 4) is 5.75 Å². The third-order valence-electron chi connectivity index (χ3n) is 3.38. The highest BCUT2D eigenvalue weighted by atomic mass is 79.9. The number of hydrogen-bond acceptors (Lipinski definition) is 5. The molecule has 11 heteroatoms. The maximum atomic E-state index is 12.4. The molecule has 1 atom stereocenters. The fourth-order valence-electron chi connectivity index (χ4n) is 2.03. The van der Waals surface area contributed by atoms with Crippen molar-refractivity contribution < 1.29 is 23.2 Å². The number of carbonyl (C=O) groups is 1. The second-order valence-corrected chi connectivity index (χ2v) is 6.24. The monoisotopic (exact) mass is 432 g/mol. The van der Waals surface area contributed by atoms with E-state index in [0.717, 1.165) is 16.6 Å². The third-order valence-corrected chi connectivity index (χ3v) is 4.16. The molecule has 2 aromatic rings. The van der Waals surface area contributed by atoms with Crippen LogP contribution in [-0.4, -0.2) is 33.6 Å². The van der Waals surface area contributed by atoms with Crippen LogP contribution in [0, 0.1) is 17.0 Å². The van der Waals surface area contributed by atoms with Crippen LogP contribution < -0.4 is 10.1 Å². The fraction of sp³-hybridized carbons (Fsp3) is 0.333. The second kappa shape index (κ2) is 8.21. The number of amides is 1. The molecule has 8 nitrogen and oxygen atoms in total. The summed E-state index contributed by atoms with van der Waals surface area (Å²) in [6.07, 6.45) is -1.10. The summed E-state index contributed by atoms with van der Waals surface area (Å²) < 4.78 is 31.5. The Bertz CT molecular complexity index is 808. The summed E-state index contributed by atoms with van der Waals surface area (Å²) in [5, 5.41) is 17.7. The van der Waals surface area contributed by atoms with Gasteiger partial charge in [0.05, 0.1) is 26.8 Å². The lowest BCUT2D eigenvalue weighted by atomic mass is 10.2. The van der Waals surface area contributed by atoms with Gasteiger partial charge >= 0.3 is 0 Å². The number of hydrogen-bond donors (Lipinski definition) is 1. The first kappa shape index (κ1) is 19.8. The molecule has 0 fully saturated rings. The first-order valence-corrected chi connectivity index (χ1v) is 8.19. The van der Waals surface area contributed by atoms with Crippen molar-refractivity contribution in [1.29, 1.82) is 0 Å². The molecule has 0 saturated carbocycles. The van der Waals surface area contributed by atoms with E-state index in [9.17, 15) is 23.7 Å². The van der Waals surface area contributed by atoms with E-state index in [0.29, 0.717) is 5.69 Å². The average molecular weight is 433 g/mol. The number of non-ortho nitro benzene ring substituents is 1. The van der Waals surface area contributed by atoms with Gasteiger partial charge in [0, 0.05) is 18.3 Å². The number of rotatable bonds is 7. The molecule has 140 valence electrons. The standard InChI is InChI=1S/C15H15BrF2N4O4/c1-8-13(16)6-21(20-8)9(2)15(23)19-10-3-11(22(24)25)5-12(4-10)26-7-14(17)18/h3-6,9,14H,7H2,1-2H3,(H,19,23). The van der Waals surface area contributed by atoms with E-state index in [1.807, 2.05) is 0 Å². The minimum absolute atomic E-state index is 0.0586. The van der Waals surface area contributed by atoms with Crippen molar-refractivity contribution in [3.63, 3.8) is 0 Å². The molecule has 1 unspecified atom stereocenters. The van der Waals surface area contributed by atoms with E-state index >= 15 is 0 Å². The van der Waals surface area contributed by atoms with Gasteiger partial charge in [0.15, 0.2) is 0 Å². The molecule has 1 heterocycles. The highest BCUT2D eigenvalue weighted by Crippen LogP contribution is 2.27. The first-order valence-electron chi connectivity index (χ1n) is 7.40. The van der Waals surface area contributed by atoms with Gasteiger partial charge in [-0.1, -0.05) is 0 Å². The quantitative estimate of drug-likeness (QED) is 0.530. The summed E-state index contributed by atoms with van der Waals surface area (Å²) in [5.41, 5.74) is 0.364. The van der Waals surface area contributed by atoms with Gasteiger partial charge in [-0.25, -0.2) is 8.78 Å². The van der Waals surface area contributed by atoms with E-state index in [-0.39, 0.29) is 11.4 Å². The molecule has 1 aromatic carbocycles. The lowest BCUT2D eigenvalue weighted by molar-refractivity contribution is -0.384. The normalized spacial score (nSPS) is 12.1. The maximum Gasteiger partial charge on any atom is 0.275 e. The molecule has 0 radical (unpaired) electrons. The number of nitro benzene ring substituents is 1. The number of nitrogens with zero attached hydrogens (tertiary/aromatic N) is 3. The summed E-state index contributed by atoms with van der Waals surface area (Å²) in [5.74, 6) is -0.625. The smallest absolute Gasteiger partial charge is 0.275 e. The van der Waals surface area contributed by atoms with Crippen LogP contribution in [0.5, 0.6) is 5.75 Å². The van der Waals surface area contributed by atoms with Crippen LogP contribution in [0.15, 0.2) is 28.9 Å². The molecule has 0 bridgehead atoms. The third kappa shape index (κ3) is 4.97. The fourth-order valence-corrected chi connectivity index (χ4v) is 2.32. The lowest BCUT2D eigenvalue weighted by Crippen LogP contribution is -2.24. The number of anilines is 1. The van der Waals surface area contributed by atoms with Crippen molar-refractivity contribution in [2.75, 3.05) is 11.9 Å². The Morgan fingerprint density at radius 3 is 2.69 bits per heavy atom. The van der Waals surface area contributed by atoms with Crippen LogP contribution in [-0.2, 0) is 4.79 Å².